The first-order valence-electron chi connectivity index (χ1n) is 7.29. The van der Waals surface area contributed by atoms with Crippen LogP contribution in [0.1, 0.15) is 28.6 Å². The van der Waals surface area contributed by atoms with Crippen LogP contribution < -0.4 is 0 Å². The Morgan fingerprint density at radius 3 is 2.48 bits per heavy atom. The normalized spacial score (nSPS) is 10.6. The average Bonchev–Trinajstić information content (AvgIpc) is 2.90. The molecule has 2 aromatic rings. The quantitative estimate of drug-likeness (QED) is 0.873. The molecule has 4 nitrogen and oxygen atoms in total. The summed E-state index contributed by atoms with van der Waals surface area (Å²) in [5, 5.41) is 8.76. The number of hydrogen-bond acceptors (Lipinski definition) is 3. The molecule has 1 N–H and O–H groups in total. The van der Waals surface area contributed by atoms with Crippen LogP contribution in [0.3, 0.4) is 0 Å². The third-order valence-electron chi connectivity index (χ3n) is 3.50. The largest absolute Gasteiger partial charge is 0.481 e. The molecule has 122 valence electrons. The first kappa shape index (κ1) is 17.1. The molecule has 1 aromatic heterocycles. The molecule has 0 aliphatic carbocycles. The van der Waals surface area contributed by atoms with Crippen LogP contribution in [-0.4, -0.2) is 35.0 Å². The van der Waals surface area contributed by atoms with Crippen molar-refractivity contribution in [3.63, 3.8) is 0 Å². The van der Waals surface area contributed by atoms with Crippen LogP contribution in [0.25, 0.3) is 10.4 Å². The number of hydrogen-bond donors (Lipinski definition) is 1. The van der Waals surface area contributed by atoms with E-state index in [1.165, 1.54) is 28.4 Å². The number of rotatable bonds is 6. The molecule has 0 bridgehead atoms. The summed E-state index contributed by atoms with van der Waals surface area (Å²) in [4.78, 5) is 26.2. The number of thiophene rings is 1. The van der Waals surface area contributed by atoms with E-state index in [2.05, 4.69) is 0 Å². The van der Waals surface area contributed by atoms with Gasteiger partial charge in [-0.05, 0) is 43.2 Å². The van der Waals surface area contributed by atoms with E-state index >= 15 is 0 Å². The van der Waals surface area contributed by atoms with Crippen molar-refractivity contribution in [3.05, 3.63) is 46.6 Å². The van der Waals surface area contributed by atoms with Crippen molar-refractivity contribution in [2.75, 3.05) is 13.1 Å². The molecule has 1 heterocycles. The summed E-state index contributed by atoms with van der Waals surface area (Å²) >= 11 is 1.34. The fourth-order valence-electron chi connectivity index (χ4n) is 2.27. The summed E-state index contributed by atoms with van der Waals surface area (Å²) in [7, 11) is 0. The number of carbonyl (C=O) groups excluding carboxylic acids is 1. The van der Waals surface area contributed by atoms with Crippen LogP contribution in [0.5, 0.6) is 0 Å². The van der Waals surface area contributed by atoms with E-state index in [4.69, 9.17) is 5.11 Å². The Morgan fingerprint density at radius 1 is 1.26 bits per heavy atom. The fraction of sp³-hybridized carbons (Fsp3) is 0.294. The second-order valence-corrected chi connectivity index (χ2v) is 6.21. The Labute approximate surface area is 138 Å². The average molecular weight is 335 g/mol. The smallest absolute Gasteiger partial charge is 0.305 e. The highest BCUT2D eigenvalue weighted by Gasteiger charge is 2.19. The lowest BCUT2D eigenvalue weighted by Gasteiger charge is -2.18. The maximum Gasteiger partial charge on any atom is 0.305 e. The molecular weight excluding hydrogens is 317 g/mol. The lowest BCUT2D eigenvalue weighted by atomic mass is 10.1. The van der Waals surface area contributed by atoms with Crippen LogP contribution in [0.15, 0.2) is 30.3 Å². The maximum atomic E-state index is 13.0. The first-order valence-corrected chi connectivity index (χ1v) is 8.11. The number of benzene rings is 1. The zero-order valence-corrected chi connectivity index (χ0v) is 13.8. The summed E-state index contributed by atoms with van der Waals surface area (Å²) in [5.41, 5.74) is 1.81. The van der Waals surface area contributed by atoms with Crippen LogP contribution >= 0.6 is 11.3 Å². The van der Waals surface area contributed by atoms with Crippen molar-refractivity contribution >= 4 is 23.2 Å². The van der Waals surface area contributed by atoms with Gasteiger partial charge in [-0.1, -0.05) is 12.1 Å². The highest BCUT2D eigenvalue weighted by Crippen LogP contribution is 2.33. The molecule has 0 aliphatic rings. The molecule has 1 amide bonds. The number of carboxylic acids is 1. The van der Waals surface area contributed by atoms with Gasteiger partial charge >= 0.3 is 5.97 Å². The summed E-state index contributed by atoms with van der Waals surface area (Å²) in [5.74, 6) is -1.40. The third kappa shape index (κ3) is 4.16. The molecule has 0 fully saturated rings. The molecule has 0 radical (unpaired) electrons. The molecule has 0 saturated heterocycles. The van der Waals surface area contributed by atoms with Crippen molar-refractivity contribution in [2.24, 2.45) is 0 Å². The minimum absolute atomic E-state index is 0.0746. The van der Waals surface area contributed by atoms with Gasteiger partial charge in [-0.2, -0.15) is 0 Å². The van der Waals surface area contributed by atoms with Crippen LogP contribution in [0.4, 0.5) is 4.39 Å². The number of aryl methyl sites for hydroxylation is 1. The van der Waals surface area contributed by atoms with Gasteiger partial charge in [0, 0.05) is 18.0 Å². The van der Waals surface area contributed by atoms with Crippen molar-refractivity contribution in [1.82, 2.24) is 4.90 Å². The van der Waals surface area contributed by atoms with Crippen molar-refractivity contribution in [2.45, 2.75) is 20.3 Å². The molecule has 0 atom stereocenters. The summed E-state index contributed by atoms with van der Waals surface area (Å²) in [6, 6.07) is 7.95. The predicted molar refractivity (Wildman–Crippen MR) is 88.3 cm³/mol. The Balaban J connectivity index is 2.23. The lowest BCUT2D eigenvalue weighted by molar-refractivity contribution is -0.137. The SMILES string of the molecule is CCN(CCC(=O)O)C(=O)c1cc(C)c(-c2ccc(F)cc2)s1. The number of amides is 1. The van der Waals surface area contributed by atoms with Crippen LogP contribution in [-0.2, 0) is 4.79 Å². The molecule has 1 aromatic carbocycles. The molecule has 0 aliphatic heterocycles. The van der Waals surface area contributed by atoms with Gasteiger partial charge in [0.05, 0.1) is 11.3 Å². The summed E-state index contributed by atoms with van der Waals surface area (Å²) < 4.78 is 13.0. The van der Waals surface area contributed by atoms with Gasteiger partial charge in [0.1, 0.15) is 5.82 Å². The monoisotopic (exact) mass is 335 g/mol. The molecular formula is C17H18FNO3S. The number of carbonyl (C=O) groups is 2. The van der Waals surface area contributed by atoms with E-state index in [-0.39, 0.29) is 24.7 Å². The molecule has 6 heteroatoms. The van der Waals surface area contributed by atoms with Crippen molar-refractivity contribution in [3.8, 4) is 10.4 Å². The standard InChI is InChI=1S/C17H18FNO3S/c1-3-19(9-8-15(20)21)17(22)14-10-11(2)16(23-14)12-4-6-13(18)7-5-12/h4-7,10H,3,8-9H2,1-2H3,(H,20,21). The topological polar surface area (TPSA) is 57.6 Å². The molecule has 2 rings (SSSR count). The van der Waals surface area contributed by atoms with Gasteiger partial charge < -0.3 is 10.0 Å². The van der Waals surface area contributed by atoms with Gasteiger partial charge in [0.15, 0.2) is 0 Å². The molecule has 0 unspecified atom stereocenters. The van der Waals surface area contributed by atoms with Crippen LogP contribution in [0, 0.1) is 12.7 Å². The predicted octanol–water partition coefficient (Wildman–Crippen LogP) is 3.80. The molecule has 23 heavy (non-hydrogen) atoms. The summed E-state index contributed by atoms with van der Waals surface area (Å²) in [6.45, 7) is 4.36. The van der Waals surface area contributed by atoms with Gasteiger partial charge in [-0.15, -0.1) is 11.3 Å². The first-order chi connectivity index (χ1) is 10.9. The number of carboxylic acid groups (broad SMARTS) is 1. The molecule has 0 saturated carbocycles. The van der Waals surface area contributed by atoms with Gasteiger partial charge in [-0.25, -0.2) is 4.39 Å². The van der Waals surface area contributed by atoms with Crippen molar-refractivity contribution < 1.29 is 19.1 Å². The zero-order chi connectivity index (χ0) is 17.0. The van der Waals surface area contributed by atoms with Gasteiger partial charge in [-0.3, -0.25) is 9.59 Å². The lowest BCUT2D eigenvalue weighted by Crippen LogP contribution is -2.32. The maximum absolute atomic E-state index is 13.0. The summed E-state index contributed by atoms with van der Waals surface area (Å²) in [6.07, 6.45) is -0.0746. The minimum Gasteiger partial charge on any atom is -0.481 e. The second-order valence-electron chi connectivity index (χ2n) is 5.16. The fourth-order valence-corrected chi connectivity index (χ4v) is 3.41. The Hall–Kier alpha value is -2.21. The highest BCUT2D eigenvalue weighted by molar-refractivity contribution is 7.17. The highest BCUT2D eigenvalue weighted by atomic mass is 32.1. The second kappa shape index (κ2) is 7.37. The minimum atomic E-state index is -0.925. The van der Waals surface area contributed by atoms with E-state index in [9.17, 15) is 14.0 Å². The van der Waals surface area contributed by atoms with E-state index in [0.717, 1.165) is 16.0 Å². The van der Waals surface area contributed by atoms with Gasteiger partial charge in [0.25, 0.3) is 5.91 Å². The Bertz CT molecular complexity index is 709. The van der Waals surface area contributed by atoms with Crippen LogP contribution in [0.2, 0.25) is 0 Å². The van der Waals surface area contributed by atoms with E-state index in [0.29, 0.717) is 11.4 Å². The van der Waals surface area contributed by atoms with E-state index < -0.39 is 5.97 Å². The van der Waals surface area contributed by atoms with Crippen molar-refractivity contribution in [1.29, 1.82) is 0 Å². The number of aliphatic carboxylic acids is 1. The van der Waals surface area contributed by atoms with E-state index in [1.54, 1.807) is 18.2 Å². The van der Waals surface area contributed by atoms with E-state index in [1.807, 2.05) is 13.8 Å². The third-order valence-corrected chi connectivity index (χ3v) is 4.77. The zero-order valence-electron chi connectivity index (χ0n) is 13.0. The molecule has 0 spiro atoms. The Morgan fingerprint density at radius 2 is 1.91 bits per heavy atom. The number of nitrogens with zero attached hydrogens (tertiary/aromatic N) is 1. The van der Waals surface area contributed by atoms with Gasteiger partial charge in [0.2, 0.25) is 0 Å². The Kier molecular flexibility index (Phi) is 5.50. The number of halogens is 1.